The lowest BCUT2D eigenvalue weighted by atomic mass is 10.1. The summed E-state index contributed by atoms with van der Waals surface area (Å²) in [4.78, 5) is 0. The van der Waals surface area contributed by atoms with E-state index in [0.29, 0.717) is 6.04 Å². The molecule has 11 heavy (non-hydrogen) atoms. The van der Waals surface area contributed by atoms with E-state index in [0.717, 1.165) is 12.8 Å². The first-order chi connectivity index (χ1) is 5.20. The Morgan fingerprint density at radius 3 is 2.36 bits per heavy atom. The fraction of sp³-hybridized carbons (Fsp3) is 0.778. The highest BCUT2D eigenvalue weighted by atomic mass is 16.3. The summed E-state index contributed by atoms with van der Waals surface area (Å²) in [5, 5.41) is 12.6. The Kier molecular flexibility index (Phi) is 3.09. The first-order valence-electron chi connectivity index (χ1n) is 4.29. The van der Waals surface area contributed by atoms with Crippen LogP contribution in [-0.2, 0) is 0 Å². The smallest absolute Gasteiger partial charge is 0.0662 e. The molecule has 0 aromatic heterocycles. The average molecular weight is 155 g/mol. The molecule has 64 valence electrons. The van der Waals surface area contributed by atoms with Crippen molar-refractivity contribution in [3.63, 3.8) is 0 Å². The van der Waals surface area contributed by atoms with E-state index in [1.165, 1.54) is 0 Å². The fourth-order valence-electron chi connectivity index (χ4n) is 1.26. The van der Waals surface area contributed by atoms with Gasteiger partial charge in [0.05, 0.1) is 6.10 Å². The van der Waals surface area contributed by atoms with Gasteiger partial charge in [-0.2, -0.15) is 0 Å². The maximum Gasteiger partial charge on any atom is 0.0662 e. The van der Waals surface area contributed by atoms with Crippen LogP contribution in [0.4, 0.5) is 0 Å². The number of nitrogens with one attached hydrogen (secondary N) is 1. The van der Waals surface area contributed by atoms with Crippen LogP contribution in [0.1, 0.15) is 26.7 Å². The van der Waals surface area contributed by atoms with E-state index in [-0.39, 0.29) is 12.1 Å². The number of hydrogen-bond acceptors (Lipinski definition) is 2. The summed E-state index contributed by atoms with van der Waals surface area (Å²) in [6, 6.07) is 0.763. The minimum atomic E-state index is -0.254. The minimum absolute atomic E-state index is 0.208. The predicted octanol–water partition coefficient (Wildman–Crippen LogP) is 1.06. The molecule has 0 amide bonds. The largest absolute Gasteiger partial charge is 0.392 e. The van der Waals surface area contributed by atoms with Crippen LogP contribution in [-0.4, -0.2) is 23.3 Å². The number of rotatable bonds is 3. The van der Waals surface area contributed by atoms with Crippen molar-refractivity contribution in [2.45, 2.75) is 44.9 Å². The van der Waals surface area contributed by atoms with E-state index in [2.05, 4.69) is 17.5 Å². The van der Waals surface area contributed by atoms with E-state index in [1.54, 1.807) is 0 Å². The molecule has 0 radical (unpaired) electrons. The van der Waals surface area contributed by atoms with Crippen LogP contribution in [0.2, 0.25) is 0 Å². The second-order valence-electron chi connectivity index (χ2n) is 3.34. The van der Waals surface area contributed by atoms with Crippen molar-refractivity contribution in [1.29, 1.82) is 0 Å². The van der Waals surface area contributed by atoms with E-state index in [1.807, 2.05) is 13.8 Å². The maximum atomic E-state index is 9.20. The summed E-state index contributed by atoms with van der Waals surface area (Å²) in [7, 11) is 0. The lowest BCUT2D eigenvalue weighted by molar-refractivity contribution is 0.146. The highest BCUT2D eigenvalue weighted by molar-refractivity contribution is 4.98. The van der Waals surface area contributed by atoms with E-state index in [4.69, 9.17) is 0 Å². The van der Waals surface area contributed by atoms with E-state index < -0.39 is 0 Å². The van der Waals surface area contributed by atoms with Crippen LogP contribution in [0.15, 0.2) is 12.2 Å². The first-order valence-corrected chi connectivity index (χ1v) is 4.29. The Bertz CT molecular complexity index is 134. The van der Waals surface area contributed by atoms with Crippen molar-refractivity contribution >= 4 is 0 Å². The zero-order valence-corrected chi connectivity index (χ0v) is 7.25. The van der Waals surface area contributed by atoms with Crippen LogP contribution >= 0.6 is 0 Å². The van der Waals surface area contributed by atoms with Crippen LogP contribution in [0.25, 0.3) is 0 Å². The highest BCUT2D eigenvalue weighted by Gasteiger charge is 2.15. The van der Waals surface area contributed by atoms with Gasteiger partial charge in [-0.15, -0.1) is 0 Å². The van der Waals surface area contributed by atoms with Gasteiger partial charge in [0.25, 0.3) is 0 Å². The molecule has 2 N–H and O–H groups in total. The Morgan fingerprint density at radius 1 is 1.36 bits per heavy atom. The third-order valence-electron chi connectivity index (χ3n) is 2.23. The van der Waals surface area contributed by atoms with Gasteiger partial charge >= 0.3 is 0 Å². The predicted molar refractivity (Wildman–Crippen MR) is 46.4 cm³/mol. The molecule has 0 bridgehead atoms. The molecule has 2 heteroatoms. The van der Waals surface area contributed by atoms with Gasteiger partial charge in [0.1, 0.15) is 0 Å². The topological polar surface area (TPSA) is 32.3 Å². The number of hydrogen-bond donors (Lipinski definition) is 2. The van der Waals surface area contributed by atoms with Gasteiger partial charge in [-0.3, -0.25) is 0 Å². The molecular formula is C9H17NO. The molecule has 0 aliphatic heterocycles. The summed E-state index contributed by atoms with van der Waals surface area (Å²) in [5.74, 6) is 0. The first kappa shape index (κ1) is 8.75. The molecule has 0 aromatic rings. The van der Waals surface area contributed by atoms with Crippen LogP contribution in [0.3, 0.4) is 0 Å². The third kappa shape index (κ3) is 2.64. The second kappa shape index (κ2) is 3.88. The molecule has 2 nitrogen and oxygen atoms in total. The minimum Gasteiger partial charge on any atom is -0.392 e. The summed E-state index contributed by atoms with van der Waals surface area (Å²) in [6.07, 6.45) is 6.34. The normalized spacial score (nSPS) is 23.9. The third-order valence-corrected chi connectivity index (χ3v) is 2.23. The monoisotopic (exact) mass is 155 g/mol. The molecule has 0 saturated carbocycles. The van der Waals surface area contributed by atoms with Crippen molar-refractivity contribution in [3.8, 4) is 0 Å². The SMILES string of the molecule is CC(O)C(C)NC1CC=CC1. The zero-order chi connectivity index (χ0) is 8.27. The zero-order valence-electron chi connectivity index (χ0n) is 7.25. The Labute approximate surface area is 68.3 Å². The van der Waals surface area contributed by atoms with Gasteiger partial charge in [0, 0.05) is 12.1 Å². The molecule has 0 aromatic carbocycles. The molecular weight excluding hydrogens is 138 g/mol. The number of aliphatic hydroxyl groups is 1. The Morgan fingerprint density at radius 2 is 1.91 bits per heavy atom. The van der Waals surface area contributed by atoms with E-state index in [9.17, 15) is 5.11 Å². The van der Waals surface area contributed by atoms with Gasteiger partial charge in [0.15, 0.2) is 0 Å². The summed E-state index contributed by atoms with van der Waals surface area (Å²) in [6.45, 7) is 3.84. The summed E-state index contributed by atoms with van der Waals surface area (Å²) < 4.78 is 0. The average Bonchev–Trinajstić information content (AvgIpc) is 2.39. The van der Waals surface area contributed by atoms with Gasteiger partial charge in [-0.25, -0.2) is 0 Å². The van der Waals surface area contributed by atoms with Crippen molar-refractivity contribution < 1.29 is 5.11 Å². The molecule has 0 fully saturated rings. The molecule has 0 spiro atoms. The molecule has 1 aliphatic carbocycles. The lowest BCUT2D eigenvalue weighted by Crippen LogP contribution is -2.41. The Balaban J connectivity index is 2.20. The summed E-state index contributed by atoms with van der Waals surface area (Å²) in [5.41, 5.74) is 0. The molecule has 1 aliphatic rings. The van der Waals surface area contributed by atoms with Crippen molar-refractivity contribution in [2.24, 2.45) is 0 Å². The van der Waals surface area contributed by atoms with Gasteiger partial charge in [-0.1, -0.05) is 12.2 Å². The fourth-order valence-corrected chi connectivity index (χ4v) is 1.26. The van der Waals surface area contributed by atoms with E-state index >= 15 is 0 Å². The molecule has 1 rings (SSSR count). The summed E-state index contributed by atoms with van der Waals surface area (Å²) >= 11 is 0. The number of aliphatic hydroxyl groups excluding tert-OH is 1. The molecule has 0 saturated heterocycles. The molecule has 0 heterocycles. The van der Waals surface area contributed by atoms with Crippen molar-refractivity contribution in [2.75, 3.05) is 0 Å². The Hall–Kier alpha value is -0.340. The maximum absolute atomic E-state index is 9.20. The highest BCUT2D eigenvalue weighted by Crippen LogP contribution is 2.10. The standard InChI is InChI=1S/C9H17NO/c1-7(8(2)11)10-9-5-3-4-6-9/h3-4,7-11H,5-6H2,1-2H3. The van der Waals surface area contributed by atoms with Gasteiger partial charge < -0.3 is 10.4 Å². The lowest BCUT2D eigenvalue weighted by Gasteiger charge is -2.21. The van der Waals surface area contributed by atoms with Crippen LogP contribution < -0.4 is 5.32 Å². The van der Waals surface area contributed by atoms with Crippen LogP contribution in [0, 0.1) is 0 Å². The van der Waals surface area contributed by atoms with Gasteiger partial charge in [0.2, 0.25) is 0 Å². The van der Waals surface area contributed by atoms with Gasteiger partial charge in [-0.05, 0) is 26.7 Å². The van der Waals surface area contributed by atoms with Crippen molar-refractivity contribution in [1.82, 2.24) is 5.32 Å². The van der Waals surface area contributed by atoms with Crippen LogP contribution in [0.5, 0.6) is 0 Å². The van der Waals surface area contributed by atoms with Crippen molar-refractivity contribution in [3.05, 3.63) is 12.2 Å². The quantitative estimate of drug-likeness (QED) is 0.597. The second-order valence-corrected chi connectivity index (χ2v) is 3.34. The molecule has 2 atom stereocenters. The molecule has 2 unspecified atom stereocenters.